The molecule has 4 aromatic rings. The van der Waals surface area contributed by atoms with E-state index in [0.29, 0.717) is 12.2 Å². The average Bonchev–Trinajstić information content (AvgIpc) is 3.47. The fourth-order valence-electron chi connectivity index (χ4n) is 5.42. The van der Waals surface area contributed by atoms with E-state index in [4.69, 9.17) is 4.74 Å². The number of nitrogens with zero attached hydrogens (tertiary/aromatic N) is 1. The van der Waals surface area contributed by atoms with E-state index in [1.807, 2.05) is 30.3 Å². The summed E-state index contributed by atoms with van der Waals surface area (Å²) in [4.78, 5) is 3.38. The Bertz CT molecular complexity index is 1390. The number of aromatic amines is 1. The summed E-state index contributed by atoms with van der Waals surface area (Å²) < 4.78 is 20.1. The van der Waals surface area contributed by atoms with Crippen molar-refractivity contribution in [3.8, 4) is 6.07 Å². The van der Waals surface area contributed by atoms with Crippen LogP contribution in [0.1, 0.15) is 59.1 Å². The zero-order chi connectivity index (χ0) is 25.0. The second-order valence-electron chi connectivity index (χ2n) is 9.78. The van der Waals surface area contributed by atoms with E-state index < -0.39 is 5.60 Å². The minimum absolute atomic E-state index is 0.251. The summed E-state index contributed by atoms with van der Waals surface area (Å²) in [5, 5.41) is 14.2. The molecule has 2 N–H and O–H groups in total. The van der Waals surface area contributed by atoms with Crippen molar-refractivity contribution in [1.82, 2.24) is 10.3 Å². The first-order valence-corrected chi connectivity index (χ1v) is 12.8. The number of aryl methyl sites for hydroxylation is 2. The SMILES string of the molecule is Cc1ccc2[nH]cc(CCCNCCCCC3(c4ccc(F)cc4)OCc4cc(C#N)ccc43)c2c1. The van der Waals surface area contributed by atoms with Crippen molar-refractivity contribution < 1.29 is 9.13 Å². The number of rotatable bonds is 10. The zero-order valence-electron chi connectivity index (χ0n) is 20.7. The van der Waals surface area contributed by atoms with Crippen molar-refractivity contribution in [2.45, 2.75) is 51.2 Å². The van der Waals surface area contributed by atoms with E-state index in [1.165, 1.54) is 34.2 Å². The molecule has 4 nitrogen and oxygen atoms in total. The number of aromatic nitrogens is 1. The summed E-state index contributed by atoms with van der Waals surface area (Å²) in [7, 11) is 0. The first kappa shape index (κ1) is 24.2. The Balaban J connectivity index is 1.15. The molecule has 0 aliphatic carbocycles. The van der Waals surface area contributed by atoms with Crippen molar-refractivity contribution >= 4 is 10.9 Å². The Labute approximate surface area is 212 Å². The molecule has 0 amide bonds. The molecule has 1 aromatic heterocycles. The van der Waals surface area contributed by atoms with E-state index in [2.05, 4.69) is 47.7 Å². The molecule has 36 heavy (non-hydrogen) atoms. The first-order chi connectivity index (χ1) is 17.6. The van der Waals surface area contributed by atoms with Gasteiger partial charge < -0.3 is 15.0 Å². The standard InChI is InChI=1S/C31H32FN3O/c1-22-6-13-30-28(17-22)24(20-35-30)5-4-16-34-15-3-2-14-31(26-8-10-27(32)11-9-26)29-12-7-23(19-33)18-25(29)21-36-31/h6-13,17-18,20,34-35H,2-5,14-16,21H2,1H3. The van der Waals surface area contributed by atoms with E-state index in [1.54, 1.807) is 0 Å². The highest BCUT2D eigenvalue weighted by Gasteiger charge is 2.41. The molecular weight excluding hydrogens is 449 g/mol. The predicted molar refractivity (Wildman–Crippen MR) is 141 cm³/mol. The second-order valence-corrected chi connectivity index (χ2v) is 9.78. The van der Waals surface area contributed by atoms with Gasteiger partial charge in [-0.15, -0.1) is 0 Å². The third kappa shape index (κ3) is 4.93. The van der Waals surface area contributed by atoms with Crippen LogP contribution in [0.3, 0.4) is 0 Å². The predicted octanol–water partition coefficient (Wildman–Crippen LogP) is 6.65. The first-order valence-electron chi connectivity index (χ1n) is 12.8. The van der Waals surface area contributed by atoms with Crippen LogP contribution in [0.15, 0.2) is 66.9 Å². The topological polar surface area (TPSA) is 60.8 Å². The van der Waals surface area contributed by atoms with Gasteiger partial charge in [-0.05, 0) is 111 Å². The van der Waals surface area contributed by atoms with Crippen LogP contribution < -0.4 is 5.32 Å². The number of ether oxygens (including phenoxy) is 1. The van der Waals surface area contributed by atoms with Crippen molar-refractivity contribution in [1.29, 1.82) is 5.26 Å². The monoisotopic (exact) mass is 481 g/mol. The van der Waals surface area contributed by atoms with Gasteiger partial charge in [0.15, 0.2) is 0 Å². The number of nitriles is 1. The van der Waals surface area contributed by atoms with Crippen LogP contribution in [-0.2, 0) is 23.4 Å². The Kier molecular flexibility index (Phi) is 7.18. The molecule has 1 aliphatic rings. The number of nitrogens with one attached hydrogen (secondary N) is 2. The molecule has 5 rings (SSSR count). The maximum absolute atomic E-state index is 13.6. The van der Waals surface area contributed by atoms with Crippen LogP contribution in [0.2, 0.25) is 0 Å². The lowest BCUT2D eigenvalue weighted by Gasteiger charge is -2.30. The van der Waals surface area contributed by atoms with E-state index in [9.17, 15) is 9.65 Å². The minimum Gasteiger partial charge on any atom is -0.361 e. The third-order valence-electron chi connectivity index (χ3n) is 7.31. The molecule has 0 fully saturated rings. The molecule has 0 saturated heterocycles. The quantitative estimate of drug-likeness (QED) is 0.249. The molecule has 1 atom stereocenters. The Hall–Kier alpha value is -3.46. The van der Waals surface area contributed by atoms with Crippen LogP contribution in [0, 0.1) is 24.1 Å². The molecule has 1 unspecified atom stereocenters. The number of unbranched alkanes of at least 4 members (excludes halogenated alkanes) is 1. The third-order valence-corrected chi connectivity index (χ3v) is 7.31. The molecule has 184 valence electrons. The lowest BCUT2D eigenvalue weighted by molar-refractivity contribution is -0.0133. The van der Waals surface area contributed by atoms with Crippen LogP contribution in [0.5, 0.6) is 0 Å². The van der Waals surface area contributed by atoms with Crippen molar-refractivity contribution in [2.75, 3.05) is 13.1 Å². The molecule has 2 heterocycles. The van der Waals surface area contributed by atoms with Crippen LogP contribution in [-0.4, -0.2) is 18.1 Å². The van der Waals surface area contributed by atoms with Crippen LogP contribution in [0.4, 0.5) is 4.39 Å². The largest absolute Gasteiger partial charge is 0.361 e. The van der Waals surface area contributed by atoms with Gasteiger partial charge in [0.05, 0.1) is 18.2 Å². The fourth-order valence-corrected chi connectivity index (χ4v) is 5.42. The summed E-state index contributed by atoms with van der Waals surface area (Å²) in [6.07, 6.45) is 7.11. The van der Waals surface area contributed by atoms with Crippen molar-refractivity contribution in [2.24, 2.45) is 0 Å². The van der Waals surface area contributed by atoms with Gasteiger partial charge >= 0.3 is 0 Å². The van der Waals surface area contributed by atoms with E-state index >= 15 is 0 Å². The van der Waals surface area contributed by atoms with Gasteiger partial charge in [0.1, 0.15) is 11.4 Å². The summed E-state index contributed by atoms with van der Waals surface area (Å²) in [6, 6.07) is 21.2. The number of fused-ring (bicyclic) bond motifs is 2. The van der Waals surface area contributed by atoms with Crippen LogP contribution in [0.25, 0.3) is 10.9 Å². The molecule has 0 radical (unpaired) electrons. The maximum Gasteiger partial charge on any atom is 0.123 e. The molecular formula is C31H32FN3O. The highest BCUT2D eigenvalue weighted by Crippen LogP contribution is 2.45. The molecule has 5 heteroatoms. The van der Waals surface area contributed by atoms with E-state index in [0.717, 1.165) is 61.9 Å². The molecule has 0 spiro atoms. The van der Waals surface area contributed by atoms with Crippen molar-refractivity contribution in [3.63, 3.8) is 0 Å². The number of hydrogen-bond donors (Lipinski definition) is 2. The van der Waals surface area contributed by atoms with Gasteiger partial charge in [0.25, 0.3) is 0 Å². The summed E-state index contributed by atoms with van der Waals surface area (Å²) in [5.41, 5.74) is 7.03. The maximum atomic E-state index is 13.6. The number of benzene rings is 3. The zero-order valence-corrected chi connectivity index (χ0v) is 20.7. The Morgan fingerprint density at radius 2 is 1.86 bits per heavy atom. The van der Waals surface area contributed by atoms with Gasteiger partial charge in [-0.1, -0.05) is 29.8 Å². The van der Waals surface area contributed by atoms with Crippen LogP contribution >= 0.6 is 0 Å². The molecule has 0 saturated carbocycles. The minimum atomic E-state index is -0.593. The normalized spacial score (nSPS) is 16.8. The Morgan fingerprint density at radius 1 is 1.03 bits per heavy atom. The van der Waals surface area contributed by atoms with E-state index in [-0.39, 0.29) is 5.82 Å². The van der Waals surface area contributed by atoms with Gasteiger partial charge in [0, 0.05) is 17.1 Å². The van der Waals surface area contributed by atoms with Gasteiger partial charge in [0.2, 0.25) is 0 Å². The van der Waals surface area contributed by atoms with Gasteiger partial charge in [-0.25, -0.2) is 4.39 Å². The molecule has 3 aromatic carbocycles. The van der Waals surface area contributed by atoms with Gasteiger partial charge in [-0.3, -0.25) is 0 Å². The summed E-state index contributed by atoms with van der Waals surface area (Å²) in [6.45, 7) is 4.54. The summed E-state index contributed by atoms with van der Waals surface area (Å²) >= 11 is 0. The number of H-pyrrole nitrogens is 1. The number of halogens is 1. The molecule has 1 aliphatic heterocycles. The fraction of sp³-hybridized carbons (Fsp3) is 0.323. The Morgan fingerprint density at radius 3 is 2.69 bits per heavy atom. The lowest BCUT2D eigenvalue weighted by atomic mass is 9.81. The number of hydrogen-bond acceptors (Lipinski definition) is 3. The highest BCUT2D eigenvalue weighted by molar-refractivity contribution is 5.83. The van der Waals surface area contributed by atoms with Crippen molar-refractivity contribution in [3.05, 3.63) is 106 Å². The summed E-state index contributed by atoms with van der Waals surface area (Å²) in [5.74, 6) is -0.251. The lowest BCUT2D eigenvalue weighted by Crippen LogP contribution is -2.27. The smallest absolute Gasteiger partial charge is 0.123 e. The highest BCUT2D eigenvalue weighted by atomic mass is 19.1. The van der Waals surface area contributed by atoms with Gasteiger partial charge in [-0.2, -0.15) is 5.26 Å². The molecule has 0 bridgehead atoms. The second kappa shape index (κ2) is 10.7. The average molecular weight is 482 g/mol.